The molecule has 0 aromatic carbocycles. The Morgan fingerprint density at radius 1 is 1.03 bits per heavy atom. The number of anilines is 1. The van der Waals surface area contributed by atoms with Crippen molar-refractivity contribution in [3.8, 4) is 0 Å². The first kappa shape index (κ1) is 19.6. The van der Waals surface area contributed by atoms with Crippen LogP contribution in [0.15, 0.2) is 0 Å². The molecular weight excluding hydrogens is 388 g/mol. The Bertz CT molecular complexity index is 859. The summed E-state index contributed by atoms with van der Waals surface area (Å²) in [6.07, 6.45) is 6.07. The van der Waals surface area contributed by atoms with Crippen LogP contribution >= 0.6 is 11.3 Å². The van der Waals surface area contributed by atoms with E-state index in [-0.39, 0.29) is 0 Å². The van der Waals surface area contributed by atoms with Gasteiger partial charge in [0.05, 0.1) is 30.7 Å². The van der Waals surface area contributed by atoms with E-state index in [0.717, 1.165) is 62.2 Å². The maximum atomic E-state index is 10.9. The predicted octanol–water partition coefficient (Wildman–Crippen LogP) is 2.36. The molecule has 8 heteroatoms. The Morgan fingerprint density at radius 3 is 2.62 bits per heavy atom. The maximum absolute atomic E-state index is 10.9. The van der Waals surface area contributed by atoms with Crippen molar-refractivity contribution in [1.82, 2.24) is 14.9 Å². The fourth-order valence-corrected chi connectivity index (χ4v) is 5.82. The molecular formula is C21H30N4O3S. The highest BCUT2D eigenvalue weighted by atomic mass is 32.1. The molecule has 1 aliphatic carbocycles. The molecule has 0 unspecified atom stereocenters. The Hall–Kier alpha value is -1.32. The van der Waals surface area contributed by atoms with Gasteiger partial charge in [-0.25, -0.2) is 9.97 Å². The van der Waals surface area contributed by atoms with E-state index in [0.29, 0.717) is 32.6 Å². The lowest BCUT2D eigenvalue weighted by atomic mass is 9.94. The molecule has 29 heavy (non-hydrogen) atoms. The topological polar surface area (TPSA) is 79.7 Å². The zero-order valence-corrected chi connectivity index (χ0v) is 17.7. The molecule has 2 aromatic rings. The molecule has 2 saturated heterocycles. The van der Waals surface area contributed by atoms with Gasteiger partial charge in [0.25, 0.3) is 0 Å². The number of aliphatic hydroxyl groups is 1. The van der Waals surface area contributed by atoms with Crippen LogP contribution in [0.2, 0.25) is 0 Å². The van der Waals surface area contributed by atoms with Crippen LogP contribution in [-0.4, -0.2) is 71.6 Å². The molecule has 0 amide bonds. The molecule has 158 valence electrons. The van der Waals surface area contributed by atoms with Crippen molar-refractivity contribution in [3.63, 3.8) is 0 Å². The smallest absolute Gasteiger partial charge is 0.146 e. The second kappa shape index (κ2) is 8.43. The summed E-state index contributed by atoms with van der Waals surface area (Å²) in [5.74, 6) is 1.76. The van der Waals surface area contributed by atoms with Gasteiger partial charge in [0.2, 0.25) is 0 Å². The number of morpholine rings is 1. The molecule has 3 aliphatic rings. The summed E-state index contributed by atoms with van der Waals surface area (Å²) in [5.41, 5.74) is 0.700. The van der Waals surface area contributed by atoms with Crippen LogP contribution in [0, 0.1) is 0 Å². The summed E-state index contributed by atoms with van der Waals surface area (Å²) in [7, 11) is 0. The second-order valence-corrected chi connectivity index (χ2v) is 9.54. The van der Waals surface area contributed by atoms with Crippen LogP contribution < -0.4 is 5.32 Å². The third-order valence-electron chi connectivity index (χ3n) is 6.34. The number of ether oxygens (including phenoxy) is 2. The van der Waals surface area contributed by atoms with Crippen molar-refractivity contribution in [2.45, 2.75) is 50.7 Å². The lowest BCUT2D eigenvalue weighted by Crippen LogP contribution is -2.42. The largest absolute Gasteiger partial charge is 0.388 e. The maximum Gasteiger partial charge on any atom is 0.146 e. The number of nitrogens with zero attached hydrogens (tertiary/aromatic N) is 3. The van der Waals surface area contributed by atoms with Crippen LogP contribution in [0.25, 0.3) is 10.2 Å². The monoisotopic (exact) mass is 418 g/mol. The van der Waals surface area contributed by atoms with E-state index >= 15 is 0 Å². The highest BCUT2D eigenvalue weighted by Gasteiger charge is 2.30. The van der Waals surface area contributed by atoms with Crippen LogP contribution in [0.5, 0.6) is 0 Å². The Kier molecular flexibility index (Phi) is 5.71. The fourth-order valence-electron chi connectivity index (χ4n) is 4.54. The summed E-state index contributed by atoms with van der Waals surface area (Å²) >= 11 is 1.83. The number of aromatic nitrogens is 2. The highest BCUT2D eigenvalue weighted by molar-refractivity contribution is 7.19. The van der Waals surface area contributed by atoms with E-state index in [1.54, 1.807) is 0 Å². The predicted molar refractivity (Wildman–Crippen MR) is 114 cm³/mol. The Balaban J connectivity index is 1.45. The van der Waals surface area contributed by atoms with Crippen LogP contribution in [0.3, 0.4) is 0 Å². The molecule has 0 spiro atoms. The average molecular weight is 419 g/mol. The molecule has 2 aromatic heterocycles. The molecule has 0 atom stereocenters. The van der Waals surface area contributed by atoms with Crippen molar-refractivity contribution >= 4 is 27.4 Å². The van der Waals surface area contributed by atoms with Gasteiger partial charge in [-0.3, -0.25) is 4.90 Å². The van der Waals surface area contributed by atoms with Gasteiger partial charge in [-0.1, -0.05) is 0 Å². The standard InChI is InChI=1S/C21H30N4O3S/c26-21(5-9-27-10-6-21)14-22-19-18-15-3-1-2-4-16(15)29-20(18)24-17(23-19)13-25-7-11-28-12-8-25/h26H,1-14H2,(H,22,23,24). The summed E-state index contributed by atoms with van der Waals surface area (Å²) < 4.78 is 10.9. The molecule has 7 nitrogen and oxygen atoms in total. The van der Waals surface area contributed by atoms with Gasteiger partial charge in [-0.15, -0.1) is 11.3 Å². The molecule has 2 fully saturated rings. The minimum absolute atomic E-state index is 0.504. The number of hydrogen-bond donors (Lipinski definition) is 2. The van der Waals surface area contributed by atoms with Crippen molar-refractivity contribution in [3.05, 3.63) is 16.3 Å². The average Bonchev–Trinajstić information content (AvgIpc) is 3.12. The first-order valence-corrected chi connectivity index (χ1v) is 11.7. The third-order valence-corrected chi connectivity index (χ3v) is 7.52. The van der Waals surface area contributed by atoms with Gasteiger partial charge in [-0.2, -0.15) is 0 Å². The van der Waals surface area contributed by atoms with E-state index in [1.165, 1.54) is 28.7 Å². The summed E-state index contributed by atoms with van der Waals surface area (Å²) in [4.78, 5) is 14.8. The molecule has 0 bridgehead atoms. The van der Waals surface area contributed by atoms with Gasteiger partial charge in [0.15, 0.2) is 0 Å². The first-order valence-electron chi connectivity index (χ1n) is 10.9. The summed E-state index contributed by atoms with van der Waals surface area (Å²) in [5, 5.41) is 15.6. The molecule has 0 saturated carbocycles. The molecule has 2 N–H and O–H groups in total. The van der Waals surface area contributed by atoms with Gasteiger partial charge in [0, 0.05) is 50.6 Å². The van der Waals surface area contributed by atoms with Gasteiger partial charge in [-0.05, 0) is 31.2 Å². The zero-order valence-electron chi connectivity index (χ0n) is 16.9. The number of nitrogens with one attached hydrogen (secondary N) is 1. The quantitative estimate of drug-likeness (QED) is 0.772. The molecule has 2 aliphatic heterocycles. The SMILES string of the molecule is OC1(CNc2nc(CN3CCOCC3)nc3sc4c(c23)CCCC4)CCOCC1. The number of hydrogen-bond acceptors (Lipinski definition) is 8. The minimum atomic E-state index is -0.726. The number of thiophene rings is 1. The van der Waals surface area contributed by atoms with Crippen molar-refractivity contribution in [2.24, 2.45) is 0 Å². The Morgan fingerprint density at radius 2 is 1.79 bits per heavy atom. The highest BCUT2D eigenvalue weighted by Crippen LogP contribution is 2.39. The number of fused-ring (bicyclic) bond motifs is 3. The normalized spacial score (nSPS) is 22.5. The lowest BCUT2D eigenvalue weighted by Gasteiger charge is -2.32. The third kappa shape index (κ3) is 4.27. The Labute approximate surface area is 175 Å². The van der Waals surface area contributed by atoms with E-state index in [2.05, 4.69) is 10.2 Å². The zero-order chi connectivity index (χ0) is 19.7. The van der Waals surface area contributed by atoms with Crippen molar-refractivity contribution in [1.29, 1.82) is 0 Å². The van der Waals surface area contributed by atoms with Gasteiger partial charge in [0.1, 0.15) is 16.5 Å². The van der Waals surface area contributed by atoms with E-state index in [9.17, 15) is 5.11 Å². The summed E-state index contributed by atoms with van der Waals surface area (Å²) in [6.45, 7) is 5.88. The van der Waals surface area contributed by atoms with Crippen molar-refractivity contribution in [2.75, 3.05) is 51.4 Å². The van der Waals surface area contributed by atoms with Crippen LogP contribution in [0.1, 0.15) is 41.9 Å². The van der Waals surface area contributed by atoms with E-state index < -0.39 is 5.60 Å². The number of aryl methyl sites for hydroxylation is 2. The minimum Gasteiger partial charge on any atom is -0.388 e. The molecule has 4 heterocycles. The van der Waals surface area contributed by atoms with Crippen molar-refractivity contribution < 1.29 is 14.6 Å². The molecule has 0 radical (unpaired) electrons. The molecule has 5 rings (SSSR count). The summed E-state index contributed by atoms with van der Waals surface area (Å²) in [6, 6.07) is 0. The van der Waals surface area contributed by atoms with Crippen LogP contribution in [0.4, 0.5) is 5.82 Å². The van der Waals surface area contributed by atoms with Gasteiger partial charge < -0.3 is 19.9 Å². The van der Waals surface area contributed by atoms with Gasteiger partial charge >= 0.3 is 0 Å². The second-order valence-electron chi connectivity index (χ2n) is 8.46. The van der Waals surface area contributed by atoms with E-state index in [1.807, 2.05) is 11.3 Å². The fraction of sp³-hybridized carbons (Fsp3) is 0.714. The lowest BCUT2D eigenvalue weighted by molar-refractivity contribution is -0.0543. The first-order chi connectivity index (χ1) is 14.2. The van der Waals surface area contributed by atoms with Crippen LogP contribution in [-0.2, 0) is 28.9 Å². The number of rotatable bonds is 5. The van der Waals surface area contributed by atoms with E-state index in [4.69, 9.17) is 19.4 Å².